The molecule has 20 heavy (non-hydrogen) atoms. The Bertz CT molecular complexity index is 571. The van der Waals surface area contributed by atoms with Crippen molar-refractivity contribution >= 4 is 15.5 Å². The van der Waals surface area contributed by atoms with Gasteiger partial charge in [-0.2, -0.15) is 0 Å². The van der Waals surface area contributed by atoms with Crippen molar-refractivity contribution in [2.45, 2.75) is 25.4 Å². The topological polar surface area (TPSA) is 49.4 Å². The number of hydrogen-bond donors (Lipinski definition) is 1. The van der Waals surface area contributed by atoms with Gasteiger partial charge in [0, 0.05) is 43.7 Å². The van der Waals surface area contributed by atoms with Crippen LogP contribution in [-0.2, 0) is 16.4 Å². The highest BCUT2D eigenvalue weighted by Gasteiger charge is 2.22. The molecule has 1 aliphatic carbocycles. The molecule has 4 nitrogen and oxygen atoms in total. The van der Waals surface area contributed by atoms with E-state index in [1.165, 1.54) is 12.3 Å². The highest BCUT2D eigenvalue weighted by molar-refractivity contribution is 7.90. The average Bonchev–Trinajstić information content (AvgIpc) is 3.17. The molecule has 1 fully saturated rings. The van der Waals surface area contributed by atoms with Gasteiger partial charge in [-0.05, 0) is 25.0 Å². The van der Waals surface area contributed by atoms with E-state index >= 15 is 0 Å². The van der Waals surface area contributed by atoms with Gasteiger partial charge in [0.05, 0.1) is 5.75 Å². The van der Waals surface area contributed by atoms with Crippen molar-refractivity contribution in [2.75, 3.05) is 30.5 Å². The van der Waals surface area contributed by atoms with Crippen LogP contribution in [0.1, 0.15) is 18.4 Å². The molecule has 1 N–H and O–H groups in total. The number of halogens is 1. The molecule has 2 rings (SSSR count). The third-order valence-electron chi connectivity index (χ3n) is 3.45. The monoisotopic (exact) mass is 300 g/mol. The molecule has 1 aliphatic rings. The van der Waals surface area contributed by atoms with Crippen LogP contribution in [0.2, 0.25) is 0 Å². The zero-order valence-corrected chi connectivity index (χ0v) is 12.7. The summed E-state index contributed by atoms with van der Waals surface area (Å²) in [6, 6.07) is 5.43. The molecule has 1 saturated carbocycles. The van der Waals surface area contributed by atoms with Crippen LogP contribution in [0.15, 0.2) is 18.2 Å². The lowest BCUT2D eigenvalue weighted by molar-refractivity contribution is 0.586. The zero-order valence-electron chi connectivity index (χ0n) is 11.9. The number of anilines is 1. The fourth-order valence-electron chi connectivity index (χ4n) is 2.04. The minimum Gasteiger partial charge on any atom is -0.373 e. The van der Waals surface area contributed by atoms with Crippen LogP contribution >= 0.6 is 0 Å². The van der Waals surface area contributed by atoms with Gasteiger partial charge in [-0.3, -0.25) is 0 Å². The summed E-state index contributed by atoms with van der Waals surface area (Å²) in [6.45, 7) is 0.842. The lowest BCUT2D eigenvalue weighted by Crippen LogP contribution is -2.27. The van der Waals surface area contributed by atoms with E-state index in [-0.39, 0.29) is 11.6 Å². The number of sulfone groups is 1. The lowest BCUT2D eigenvalue weighted by atomic mass is 10.1. The van der Waals surface area contributed by atoms with E-state index in [1.807, 2.05) is 6.07 Å². The quantitative estimate of drug-likeness (QED) is 0.830. The maximum atomic E-state index is 14.0. The summed E-state index contributed by atoms with van der Waals surface area (Å²) < 4.78 is 36.4. The minimum absolute atomic E-state index is 0.0650. The van der Waals surface area contributed by atoms with Gasteiger partial charge >= 0.3 is 0 Å². The second-order valence-corrected chi connectivity index (χ2v) is 7.70. The van der Waals surface area contributed by atoms with E-state index in [0.29, 0.717) is 24.7 Å². The largest absolute Gasteiger partial charge is 0.373 e. The molecule has 112 valence electrons. The first-order valence-electron chi connectivity index (χ1n) is 6.76. The average molecular weight is 300 g/mol. The zero-order chi connectivity index (χ0) is 14.8. The summed E-state index contributed by atoms with van der Waals surface area (Å²) >= 11 is 0. The molecule has 0 atom stereocenters. The summed E-state index contributed by atoms with van der Waals surface area (Å²) in [6.07, 6.45) is 3.50. The molecule has 1 aromatic rings. The van der Waals surface area contributed by atoms with Crippen LogP contribution in [0.5, 0.6) is 0 Å². The van der Waals surface area contributed by atoms with Crippen molar-refractivity contribution in [3.05, 3.63) is 29.6 Å². The Morgan fingerprint density at radius 1 is 1.40 bits per heavy atom. The highest BCUT2D eigenvalue weighted by Crippen LogP contribution is 2.25. The van der Waals surface area contributed by atoms with Crippen LogP contribution in [0, 0.1) is 5.82 Å². The Morgan fingerprint density at radius 2 is 2.10 bits per heavy atom. The molecule has 0 saturated heterocycles. The van der Waals surface area contributed by atoms with Gasteiger partial charge < -0.3 is 10.2 Å². The Balaban J connectivity index is 2.09. The summed E-state index contributed by atoms with van der Waals surface area (Å²) in [5, 5.41) is 3.30. The Morgan fingerprint density at radius 3 is 2.70 bits per heavy atom. The first-order valence-corrected chi connectivity index (χ1v) is 8.82. The van der Waals surface area contributed by atoms with Crippen LogP contribution in [0.4, 0.5) is 10.1 Å². The molecule has 0 spiro atoms. The molecular weight excluding hydrogens is 279 g/mol. The van der Waals surface area contributed by atoms with Crippen LogP contribution in [0.3, 0.4) is 0 Å². The molecule has 0 aromatic heterocycles. The molecule has 0 aliphatic heterocycles. The van der Waals surface area contributed by atoms with E-state index in [4.69, 9.17) is 0 Å². The fraction of sp³-hybridized carbons (Fsp3) is 0.571. The van der Waals surface area contributed by atoms with Crippen LogP contribution in [0.25, 0.3) is 0 Å². The maximum absolute atomic E-state index is 14.0. The van der Waals surface area contributed by atoms with Crippen molar-refractivity contribution < 1.29 is 12.8 Å². The van der Waals surface area contributed by atoms with Gasteiger partial charge in [-0.15, -0.1) is 0 Å². The number of hydrogen-bond acceptors (Lipinski definition) is 4. The summed E-state index contributed by atoms with van der Waals surface area (Å²) in [4.78, 5) is 1.80. The maximum Gasteiger partial charge on any atom is 0.149 e. The van der Waals surface area contributed by atoms with Crippen molar-refractivity contribution in [1.29, 1.82) is 0 Å². The Labute approximate surface area is 119 Å². The third-order valence-corrected chi connectivity index (χ3v) is 4.37. The lowest BCUT2D eigenvalue weighted by Gasteiger charge is -2.22. The first-order chi connectivity index (χ1) is 9.37. The normalized spacial score (nSPS) is 15.3. The summed E-state index contributed by atoms with van der Waals surface area (Å²) in [5.41, 5.74) is 1.36. The molecule has 0 radical (unpaired) electrons. The highest BCUT2D eigenvalue weighted by atomic mass is 32.2. The number of rotatable bonds is 7. The predicted octanol–water partition coefficient (Wildman–Crippen LogP) is 1.56. The Hall–Kier alpha value is -1.14. The molecule has 0 unspecified atom stereocenters. The molecule has 0 bridgehead atoms. The number of nitrogens with one attached hydrogen (secondary N) is 1. The number of nitrogens with zero attached hydrogens (tertiary/aromatic N) is 1. The van der Waals surface area contributed by atoms with Crippen molar-refractivity contribution in [3.8, 4) is 0 Å². The van der Waals surface area contributed by atoms with Gasteiger partial charge in [0.15, 0.2) is 0 Å². The standard InChI is InChI=1S/C14H21FN2O2S/c1-17(8-9-20(2,18)19)14-5-3-4-13(15)12(14)10-16-11-6-7-11/h3-5,11,16H,6-10H2,1-2H3. The van der Waals surface area contributed by atoms with Gasteiger partial charge in [0.2, 0.25) is 0 Å². The van der Waals surface area contributed by atoms with E-state index < -0.39 is 9.84 Å². The molecular formula is C14H21FN2O2S. The van der Waals surface area contributed by atoms with E-state index in [9.17, 15) is 12.8 Å². The van der Waals surface area contributed by atoms with Crippen LogP contribution in [-0.4, -0.2) is 40.1 Å². The smallest absolute Gasteiger partial charge is 0.149 e. The summed E-state index contributed by atoms with van der Waals surface area (Å²) in [7, 11) is -1.22. The van der Waals surface area contributed by atoms with Gasteiger partial charge in [0.25, 0.3) is 0 Å². The van der Waals surface area contributed by atoms with Gasteiger partial charge in [0.1, 0.15) is 15.7 Å². The van der Waals surface area contributed by atoms with E-state index in [1.54, 1.807) is 18.0 Å². The van der Waals surface area contributed by atoms with Crippen molar-refractivity contribution in [3.63, 3.8) is 0 Å². The van der Waals surface area contributed by atoms with Crippen molar-refractivity contribution in [2.24, 2.45) is 0 Å². The molecule has 0 heterocycles. The van der Waals surface area contributed by atoms with Gasteiger partial charge in [-0.1, -0.05) is 6.07 Å². The second-order valence-electron chi connectivity index (χ2n) is 5.44. The molecule has 6 heteroatoms. The SMILES string of the molecule is CN(CCS(C)(=O)=O)c1cccc(F)c1CNC1CC1. The Kier molecular flexibility index (Phi) is 4.65. The van der Waals surface area contributed by atoms with Gasteiger partial charge in [-0.25, -0.2) is 12.8 Å². The predicted molar refractivity (Wildman–Crippen MR) is 79.2 cm³/mol. The minimum atomic E-state index is -3.02. The summed E-state index contributed by atoms with van der Waals surface area (Å²) in [5.74, 6) is -0.183. The van der Waals surface area contributed by atoms with Crippen molar-refractivity contribution in [1.82, 2.24) is 5.32 Å². The fourth-order valence-corrected chi connectivity index (χ4v) is 2.64. The third kappa shape index (κ3) is 4.45. The molecule has 0 amide bonds. The van der Waals surface area contributed by atoms with E-state index in [2.05, 4.69) is 5.32 Å². The van der Waals surface area contributed by atoms with E-state index in [0.717, 1.165) is 18.5 Å². The first kappa shape index (κ1) is 15.3. The second kappa shape index (κ2) is 6.10. The molecule has 1 aromatic carbocycles. The number of benzene rings is 1. The van der Waals surface area contributed by atoms with Crippen LogP contribution < -0.4 is 10.2 Å².